The van der Waals surface area contributed by atoms with E-state index in [9.17, 15) is 22.8 Å². The lowest BCUT2D eigenvalue weighted by molar-refractivity contribution is -0.170. The number of ketones is 1. The number of rotatable bonds is 2. The fourth-order valence-corrected chi connectivity index (χ4v) is 5.33. The van der Waals surface area contributed by atoms with Gasteiger partial charge in [-0.2, -0.15) is 13.2 Å². The Labute approximate surface area is 211 Å². The maximum absolute atomic E-state index is 13.9. The number of fused-ring (bicyclic) bond motifs is 1. The summed E-state index contributed by atoms with van der Waals surface area (Å²) in [6.07, 6.45) is -4.72. The smallest absolute Gasteiger partial charge is 0.357 e. The molecule has 8 heteroatoms. The normalized spacial score (nSPS) is 19.8. The van der Waals surface area contributed by atoms with Crippen LogP contribution in [0, 0.1) is 6.92 Å². The summed E-state index contributed by atoms with van der Waals surface area (Å²) in [5.41, 5.74) is 3.17. The van der Waals surface area contributed by atoms with Crippen molar-refractivity contribution in [3.8, 4) is 0 Å². The van der Waals surface area contributed by atoms with Gasteiger partial charge in [0.25, 0.3) is 0 Å². The number of alkyl halides is 3. The van der Waals surface area contributed by atoms with E-state index in [4.69, 9.17) is 11.6 Å². The number of nitrogens with zero attached hydrogens (tertiary/aromatic N) is 1. The first-order valence-electron chi connectivity index (χ1n) is 11.5. The molecule has 1 N–H and O–H groups in total. The number of anilines is 2. The zero-order chi connectivity index (χ0) is 25.6. The topological polar surface area (TPSA) is 49.4 Å². The summed E-state index contributed by atoms with van der Waals surface area (Å²) in [6, 6.07) is 19.2. The lowest BCUT2D eigenvalue weighted by Crippen LogP contribution is -2.45. The molecule has 3 aromatic carbocycles. The average molecular weight is 511 g/mol. The third-order valence-electron chi connectivity index (χ3n) is 6.69. The van der Waals surface area contributed by atoms with E-state index < -0.39 is 18.1 Å². The Balaban J connectivity index is 1.74. The summed E-state index contributed by atoms with van der Waals surface area (Å²) in [6.45, 7) is 1.86. The van der Waals surface area contributed by atoms with E-state index in [1.54, 1.807) is 54.6 Å². The standard InChI is InChI=1S/C28H22ClF3N2O2/c1-16-10-12-17(13-11-16)26-25-22(14-18(15-24(25)35)19-6-2-3-7-20(19)29)33-21-8-4-5-9-23(21)34(26)27(36)28(30,31)32/h2-13,18,26,33H,14-15H2,1H3/t18-,26-/m0/s1. The maximum Gasteiger partial charge on any atom is 0.471 e. The molecule has 0 fully saturated rings. The van der Waals surface area contributed by atoms with E-state index in [1.807, 2.05) is 19.1 Å². The maximum atomic E-state index is 13.9. The van der Waals surface area contributed by atoms with Gasteiger partial charge in [0, 0.05) is 22.7 Å². The van der Waals surface area contributed by atoms with Crippen LogP contribution in [0.1, 0.15) is 41.5 Å². The number of para-hydroxylation sites is 2. The van der Waals surface area contributed by atoms with E-state index in [0.29, 0.717) is 33.3 Å². The Hall–Kier alpha value is -3.58. The molecule has 2 atom stereocenters. The molecule has 0 saturated carbocycles. The van der Waals surface area contributed by atoms with Gasteiger partial charge >= 0.3 is 12.1 Å². The third kappa shape index (κ3) is 4.28. The van der Waals surface area contributed by atoms with E-state index in [2.05, 4.69) is 5.32 Å². The van der Waals surface area contributed by atoms with E-state index >= 15 is 0 Å². The van der Waals surface area contributed by atoms with Crippen LogP contribution in [0.3, 0.4) is 0 Å². The van der Waals surface area contributed by atoms with Crippen LogP contribution in [0.25, 0.3) is 0 Å². The first kappa shape index (κ1) is 24.1. The van der Waals surface area contributed by atoms with Gasteiger partial charge in [0.2, 0.25) is 0 Å². The molecule has 0 spiro atoms. The molecule has 0 saturated heterocycles. The van der Waals surface area contributed by atoms with Gasteiger partial charge in [0.1, 0.15) is 0 Å². The van der Waals surface area contributed by atoms with Gasteiger partial charge in [-0.05, 0) is 48.6 Å². The largest absolute Gasteiger partial charge is 0.471 e. The molecule has 0 bridgehead atoms. The Kier molecular flexibility index (Phi) is 6.12. The highest BCUT2D eigenvalue weighted by Crippen LogP contribution is 2.49. The number of allylic oxidation sites excluding steroid dienone is 1. The van der Waals surface area contributed by atoms with Crippen LogP contribution in [0.5, 0.6) is 0 Å². The summed E-state index contributed by atoms with van der Waals surface area (Å²) in [5, 5.41) is 3.74. The van der Waals surface area contributed by atoms with Gasteiger partial charge < -0.3 is 5.32 Å². The number of carbonyl (C=O) groups excluding carboxylic acids is 2. The minimum atomic E-state index is -5.14. The van der Waals surface area contributed by atoms with Crippen LogP contribution < -0.4 is 10.2 Å². The third-order valence-corrected chi connectivity index (χ3v) is 7.03. The molecule has 1 aliphatic heterocycles. The molecule has 4 nitrogen and oxygen atoms in total. The van der Waals surface area contributed by atoms with Crippen LogP contribution in [0.4, 0.5) is 24.5 Å². The molecule has 0 unspecified atom stereocenters. The lowest BCUT2D eigenvalue weighted by atomic mass is 9.78. The van der Waals surface area contributed by atoms with Crippen LogP contribution in [-0.2, 0) is 9.59 Å². The Morgan fingerprint density at radius 1 is 0.972 bits per heavy atom. The van der Waals surface area contributed by atoms with Gasteiger partial charge in [-0.1, -0.05) is 71.8 Å². The van der Waals surface area contributed by atoms with Gasteiger partial charge in [0.05, 0.1) is 17.4 Å². The molecular formula is C28H22ClF3N2O2. The summed E-state index contributed by atoms with van der Waals surface area (Å²) >= 11 is 6.42. The number of hydrogen-bond acceptors (Lipinski definition) is 3. The van der Waals surface area contributed by atoms with Crippen LogP contribution in [-0.4, -0.2) is 17.9 Å². The molecule has 5 rings (SSSR count). The van der Waals surface area contributed by atoms with Crippen molar-refractivity contribution in [1.29, 1.82) is 0 Å². The molecule has 1 aliphatic carbocycles. The second-order valence-corrected chi connectivity index (χ2v) is 9.48. The van der Waals surface area contributed by atoms with Crippen molar-refractivity contribution in [2.24, 2.45) is 0 Å². The van der Waals surface area contributed by atoms with Gasteiger partial charge in [-0.25, -0.2) is 0 Å². The minimum Gasteiger partial charge on any atom is -0.357 e. The molecular weight excluding hydrogens is 489 g/mol. The molecule has 0 radical (unpaired) electrons. The number of hydrogen-bond donors (Lipinski definition) is 1. The minimum absolute atomic E-state index is 0.0573. The molecule has 1 amide bonds. The van der Waals surface area contributed by atoms with E-state index in [1.165, 1.54) is 6.07 Å². The fraction of sp³-hybridized carbons (Fsp3) is 0.214. The predicted octanol–water partition coefficient (Wildman–Crippen LogP) is 7.11. The van der Waals surface area contributed by atoms with Crippen molar-refractivity contribution < 1.29 is 22.8 Å². The molecule has 3 aromatic rings. The monoisotopic (exact) mass is 510 g/mol. The van der Waals surface area contributed by atoms with E-state index in [-0.39, 0.29) is 29.4 Å². The Morgan fingerprint density at radius 3 is 2.33 bits per heavy atom. The molecule has 36 heavy (non-hydrogen) atoms. The van der Waals surface area contributed by atoms with Crippen LogP contribution >= 0.6 is 11.6 Å². The van der Waals surface area contributed by atoms with Crippen molar-refractivity contribution in [3.05, 3.63) is 106 Å². The van der Waals surface area contributed by atoms with Crippen molar-refractivity contribution in [1.82, 2.24) is 0 Å². The highest BCUT2D eigenvalue weighted by molar-refractivity contribution is 6.31. The van der Waals surface area contributed by atoms with E-state index in [0.717, 1.165) is 11.1 Å². The first-order chi connectivity index (χ1) is 17.1. The number of Topliss-reactive ketones (excluding diaryl/α,β-unsaturated/α-hetero) is 1. The summed E-state index contributed by atoms with van der Waals surface area (Å²) in [7, 11) is 0. The van der Waals surface area contributed by atoms with Crippen LogP contribution in [0.15, 0.2) is 84.1 Å². The Bertz CT molecular complexity index is 1380. The molecule has 0 aromatic heterocycles. The van der Waals surface area contributed by atoms with Crippen molar-refractivity contribution >= 4 is 34.7 Å². The number of aryl methyl sites for hydroxylation is 1. The number of halogens is 4. The zero-order valence-electron chi connectivity index (χ0n) is 19.3. The fourth-order valence-electron chi connectivity index (χ4n) is 5.04. The van der Waals surface area contributed by atoms with Gasteiger partial charge in [-0.15, -0.1) is 0 Å². The molecule has 184 valence electrons. The Morgan fingerprint density at radius 2 is 1.64 bits per heavy atom. The number of nitrogens with one attached hydrogen (secondary N) is 1. The van der Waals surface area contributed by atoms with Crippen molar-refractivity contribution in [2.75, 3.05) is 10.2 Å². The SMILES string of the molecule is Cc1ccc([C@H]2C3=C(C[C@H](c4ccccc4Cl)CC3=O)Nc3ccccc3N2C(=O)C(F)(F)F)cc1. The predicted molar refractivity (Wildman–Crippen MR) is 133 cm³/mol. The second-order valence-electron chi connectivity index (χ2n) is 9.07. The van der Waals surface area contributed by atoms with Crippen molar-refractivity contribution in [2.45, 2.75) is 37.9 Å². The summed E-state index contributed by atoms with van der Waals surface area (Å²) in [4.78, 5) is 27.4. The molecule has 2 aliphatic rings. The highest BCUT2D eigenvalue weighted by atomic mass is 35.5. The van der Waals surface area contributed by atoms with Gasteiger partial charge in [-0.3, -0.25) is 14.5 Å². The zero-order valence-corrected chi connectivity index (χ0v) is 20.0. The number of amides is 1. The highest BCUT2D eigenvalue weighted by Gasteiger charge is 2.50. The second kappa shape index (κ2) is 9.13. The average Bonchev–Trinajstić information content (AvgIpc) is 2.98. The quantitative estimate of drug-likeness (QED) is 0.399. The van der Waals surface area contributed by atoms with Gasteiger partial charge in [0.15, 0.2) is 5.78 Å². The summed E-state index contributed by atoms with van der Waals surface area (Å²) < 4.78 is 41.8. The lowest BCUT2D eigenvalue weighted by Gasteiger charge is -2.35. The first-order valence-corrected chi connectivity index (χ1v) is 11.9. The summed E-state index contributed by atoms with van der Waals surface area (Å²) in [5.74, 6) is -2.61. The molecule has 1 heterocycles. The van der Waals surface area contributed by atoms with Crippen molar-refractivity contribution in [3.63, 3.8) is 0 Å². The van der Waals surface area contributed by atoms with Crippen LogP contribution in [0.2, 0.25) is 5.02 Å². The number of carbonyl (C=O) groups is 2. The number of benzene rings is 3.